The first-order chi connectivity index (χ1) is 8.61. The summed E-state index contributed by atoms with van der Waals surface area (Å²) in [6.07, 6.45) is 0.492. The average molecular weight is 289 g/mol. The highest BCUT2D eigenvalue weighted by Gasteiger charge is 2.42. The van der Waals surface area contributed by atoms with E-state index in [0.717, 1.165) is 6.42 Å². The molecule has 1 fully saturated rings. The summed E-state index contributed by atoms with van der Waals surface area (Å²) in [5, 5.41) is 1.03. The Morgan fingerprint density at radius 1 is 1.39 bits per heavy atom. The van der Waals surface area contributed by atoms with E-state index in [2.05, 4.69) is 0 Å². The smallest absolute Gasteiger partial charge is 0.169 e. The zero-order chi connectivity index (χ0) is 13.1. The number of ketones is 1. The minimum Gasteiger partial charge on any atom is -0.485 e. The van der Waals surface area contributed by atoms with Crippen LogP contribution in [0.15, 0.2) is 18.2 Å². The zero-order valence-electron chi connectivity index (χ0n) is 9.99. The second-order valence-electron chi connectivity index (χ2n) is 4.19. The Morgan fingerprint density at radius 2 is 2.17 bits per heavy atom. The molecule has 0 radical (unpaired) electrons. The molecule has 0 spiro atoms. The summed E-state index contributed by atoms with van der Waals surface area (Å²) in [6, 6.07) is 5.00. The van der Waals surface area contributed by atoms with Crippen molar-refractivity contribution in [1.29, 1.82) is 0 Å². The lowest BCUT2D eigenvalue weighted by molar-refractivity contribution is -0.154. The highest BCUT2D eigenvalue weighted by atomic mass is 35.5. The predicted octanol–water partition coefficient (Wildman–Crippen LogP) is 3.51. The van der Waals surface area contributed by atoms with Crippen LogP contribution < -0.4 is 4.74 Å². The van der Waals surface area contributed by atoms with Crippen molar-refractivity contribution in [2.75, 3.05) is 6.61 Å². The van der Waals surface area contributed by atoms with Crippen LogP contribution in [0.25, 0.3) is 0 Å². The van der Waals surface area contributed by atoms with Gasteiger partial charge in [0, 0.05) is 24.1 Å². The van der Waals surface area contributed by atoms with Gasteiger partial charge in [0.15, 0.2) is 11.9 Å². The fourth-order valence-electron chi connectivity index (χ4n) is 1.75. The molecule has 0 amide bonds. The third-order valence-electron chi connectivity index (χ3n) is 2.73. The van der Waals surface area contributed by atoms with Gasteiger partial charge in [-0.25, -0.2) is 0 Å². The quantitative estimate of drug-likeness (QED) is 0.832. The monoisotopic (exact) mass is 288 g/mol. The summed E-state index contributed by atoms with van der Waals surface area (Å²) in [5.74, 6) is 0.568. The first-order valence-electron chi connectivity index (χ1n) is 5.88. The van der Waals surface area contributed by atoms with Gasteiger partial charge in [-0.3, -0.25) is 4.79 Å². The molecule has 3 nitrogen and oxygen atoms in total. The summed E-state index contributed by atoms with van der Waals surface area (Å²) < 4.78 is 11.1. The van der Waals surface area contributed by atoms with E-state index in [1.54, 1.807) is 18.2 Å². The van der Waals surface area contributed by atoms with E-state index in [-0.39, 0.29) is 11.9 Å². The summed E-state index contributed by atoms with van der Waals surface area (Å²) in [6.45, 7) is 2.55. The van der Waals surface area contributed by atoms with E-state index >= 15 is 0 Å². The Balaban J connectivity index is 2.01. The minimum absolute atomic E-state index is 0.0756. The number of hydrogen-bond acceptors (Lipinski definition) is 3. The van der Waals surface area contributed by atoms with Crippen LogP contribution in [0.5, 0.6) is 5.75 Å². The molecular weight excluding hydrogens is 275 g/mol. The molecular formula is C13H14Cl2O3. The molecule has 0 saturated heterocycles. The highest BCUT2D eigenvalue weighted by molar-refractivity contribution is 6.34. The lowest BCUT2D eigenvalue weighted by Crippen LogP contribution is -2.52. The second kappa shape index (κ2) is 5.91. The molecule has 5 heteroatoms. The van der Waals surface area contributed by atoms with Crippen LogP contribution >= 0.6 is 23.2 Å². The van der Waals surface area contributed by atoms with Gasteiger partial charge in [-0.2, -0.15) is 0 Å². The lowest BCUT2D eigenvalue weighted by atomic mass is 9.90. The maximum atomic E-state index is 11.4. The van der Waals surface area contributed by atoms with E-state index < -0.39 is 6.10 Å². The molecule has 2 atom stereocenters. The van der Waals surface area contributed by atoms with E-state index in [4.69, 9.17) is 32.7 Å². The first-order valence-corrected chi connectivity index (χ1v) is 6.63. The second-order valence-corrected chi connectivity index (χ2v) is 5.04. The maximum Gasteiger partial charge on any atom is 0.169 e. The molecule has 0 aromatic heterocycles. The van der Waals surface area contributed by atoms with Gasteiger partial charge in [-0.15, -0.1) is 0 Å². The van der Waals surface area contributed by atoms with Crippen LogP contribution in [-0.2, 0) is 9.53 Å². The summed E-state index contributed by atoms with van der Waals surface area (Å²) in [7, 11) is 0. The maximum absolute atomic E-state index is 11.4. The molecule has 1 aromatic carbocycles. The number of benzene rings is 1. The van der Waals surface area contributed by atoms with Crippen molar-refractivity contribution in [2.24, 2.45) is 0 Å². The number of carbonyl (C=O) groups is 1. The number of hydrogen-bond donors (Lipinski definition) is 0. The number of halogens is 2. The summed E-state index contributed by atoms with van der Waals surface area (Å²) in [5.41, 5.74) is 0. The van der Waals surface area contributed by atoms with E-state index in [1.165, 1.54) is 0 Å². The number of rotatable bonds is 5. The highest BCUT2D eigenvalue weighted by Crippen LogP contribution is 2.32. The van der Waals surface area contributed by atoms with Crippen molar-refractivity contribution in [1.82, 2.24) is 0 Å². The molecule has 18 heavy (non-hydrogen) atoms. The molecule has 0 N–H and O–H groups in total. The summed E-state index contributed by atoms with van der Waals surface area (Å²) >= 11 is 11.9. The fourth-order valence-corrected chi connectivity index (χ4v) is 2.07. The van der Waals surface area contributed by atoms with Crippen LogP contribution in [-0.4, -0.2) is 24.6 Å². The van der Waals surface area contributed by atoms with Crippen LogP contribution in [0.3, 0.4) is 0 Å². The van der Waals surface area contributed by atoms with Crippen molar-refractivity contribution in [2.45, 2.75) is 32.0 Å². The third kappa shape index (κ3) is 2.97. The normalized spacial score (nSPS) is 22.7. The number of ether oxygens (including phenoxy) is 2. The Kier molecular flexibility index (Phi) is 4.49. The van der Waals surface area contributed by atoms with Crippen molar-refractivity contribution in [3.05, 3.63) is 28.2 Å². The summed E-state index contributed by atoms with van der Waals surface area (Å²) in [4.78, 5) is 11.4. The Morgan fingerprint density at radius 3 is 2.83 bits per heavy atom. The Hall–Kier alpha value is -0.770. The van der Waals surface area contributed by atoms with Crippen LogP contribution in [0.1, 0.15) is 19.8 Å². The van der Waals surface area contributed by atoms with E-state index in [0.29, 0.717) is 28.8 Å². The molecule has 0 bridgehead atoms. The molecule has 1 saturated carbocycles. The van der Waals surface area contributed by atoms with Crippen molar-refractivity contribution < 1.29 is 14.3 Å². The molecule has 0 aliphatic heterocycles. The topological polar surface area (TPSA) is 35.5 Å². The lowest BCUT2D eigenvalue weighted by Gasteiger charge is -2.34. The van der Waals surface area contributed by atoms with Crippen LogP contribution in [0.2, 0.25) is 10.0 Å². The van der Waals surface area contributed by atoms with Gasteiger partial charge in [0.2, 0.25) is 0 Å². The van der Waals surface area contributed by atoms with Gasteiger partial charge >= 0.3 is 0 Å². The molecule has 0 heterocycles. The van der Waals surface area contributed by atoms with Crippen molar-refractivity contribution in [3.63, 3.8) is 0 Å². The van der Waals surface area contributed by atoms with Crippen molar-refractivity contribution in [3.8, 4) is 5.75 Å². The number of carbonyl (C=O) groups excluding carboxylic acids is 1. The minimum atomic E-state index is -0.472. The standard InChI is InChI=1S/C13H14Cl2O3/c1-2-5-17-13-10(16)7-12(13)18-11-6-8(14)3-4-9(11)15/h3-4,6,12-13H,2,5,7H2,1H3. The third-order valence-corrected chi connectivity index (χ3v) is 3.28. The van der Waals surface area contributed by atoms with Crippen LogP contribution in [0.4, 0.5) is 0 Å². The molecule has 98 valence electrons. The fraction of sp³-hybridized carbons (Fsp3) is 0.462. The molecule has 1 aromatic rings. The van der Waals surface area contributed by atoms with Crippen molar-refractivity contribution >= 4 is 29.0 Å². The molecule has 2 rings (SSSR count). The SMILES string of the molecule is CCCOC1C(=O)CC1Oc1cc(Cl)ccc1Cl. The van der Waals surface area contributed by atoms with Gasteiger partial charge in [-0.05, 0) is 18.6 Å². The van der Waals surface area contributed by atoms with Gasteiger partial charge < -0.3 is 9.47 Å². The Labute approximate surface area is 116 Å². The molecule has 1 aliphatic carbocycles. The Bertz CT molecular complexity index is 448. The predicted molar refractivity (Wildman–Crippen MR) is 70.5 cm³/mol. The van der Waals surface area contributed by atoms with E-state index in [9.17, 15) is 4.79 Å². The van der Waals surface area contributed by atoms with Gasteiger partial charge in [-0.1, -0.05) is 30.1 Å². The molecule has 1 aliphatic rings. The largest absolute Gasteiger partial charge is 0.485 e. The zero-order valence-corrected chi connectivity index (χ0v) is 11.5. The van der Waals surface area contributed by atoms with Gasteiger partial charge in [0.05, 0.1) is 5.02 Å². The van der Waals surface area contributed by atoms with Gasteiger partial charge in [0.1, 0.15) is 11.9 Å². The van der Waals surface area contributed by atoms with Crippen LogP contribution in [0, 0.1) is 0 Å². The average Bonchev–Trinajstić information content (AvgIpc) is 2.33. The first kappa shape index (κ1) is 13.7. The van der Waals surface area contributed by atoms with Gasteiger partial charge in [0.25, 0.3) is 0 Å². The molecule has 2 unspecified atom stereocenters. The van der Waals surface area contributed by atoms with E-state index in [1.807, 2.05) is 6.92 Å². The number of Topliss-reactive ketones (excluding diaryl/α,β-unsaturated/α-hetero) is 1.